The van der Waals surface area contributed by atoms with Crippen LogP contribution in [0.1, 0.15) is 42.1 Å². The second kappa shape index (κ2) is 8.53. The second-order valence-electron chi connectivity index (χ2n) is 7.59. The number of aromatic amines is 1. The molecule has 0 radical (unpaired) electrons. The molecule has 4 nitrogen and oxygen atoms in total. The number of unbranched alkanes of at least 4 members (excludes halogenated alkanes) is 1. The Balaban J connectivity index is 1.47. The lowest BCUT2D eigenvalue weighted by Crippen LogP contribution is -2.35. The van der Waals surface area contributed by atoms with Crippen molar-refractivity contribution in [1.82, 2.24) is 14.9 Å². The minimum absolute atomic E-state index is 0.0107. The number of fused-ring (bicyclic) bond motifs is 1. The summed E-state index contributed by atoms with van der Waals surface area (Å²) in [6.45, 7) is 4.68. The molecule has 0 bridgehead atoms. The molecule has 2 aromatic carbocycles. The quantitative estimate of drug-likeness (QED) is 0.699. The van der Waals surface area contributed by atoms with Crippen molar-refractivity contribution in [3.8, 4) is 11.4 Å². The summed E-state index contributed by atoms with van der Waals surface area (Å²) in [4.78, 5) is 22.7. The Bertz CT molecular complexity index is 977. The summed E-state index contributed by atoms with van der Waals surface area (Å²) in [6, 6.07) is 18.8. The van der Waals surface area contributed by atoms with Crippen LogP contribution in [0.5, 0.6) is 0 Å². The Morgan fingerprint density at radius 2 is 1.79 bits per heavy atom. The van der Waals surface area contributed by atoms with E-state index in [9.17, 15) is 4.79 Å². The first kappa shape index (κ1) is 18.6. The normalized spacial score (nSPS) is 14.0. The third-order valence-electron chi connectivity index (χ3n) is 5.44. The Hall–Kier alpha value is -2.72. The Kier molecular flexibility index (Phi) is 5.68. The number of rotatable bonds is 6. The summed E-state index contributed by atoms with van der Waals surface area (Å²) < 4.78 is 0. The maximum atomic E-state index is 12.7. The van der Waals surface area contributed by atoms with Crippen LogP contribution in [0.4, 0.5) is 0 Å². The molecular weight excluding hydrogens is 346 g/mol. The third-order valence-corrected chi connectivity index (χ3v) is 5.44. The molecule has 28 heavy (non-hydrogen) atoms. The predicted molar refractivity (Wildman–Crippen MR) is 113 cm³/mol. The Morgan fingerprint density at radius 3 is 2.54 bits per heavy atom. The average molecular weight is 374 g/mol. The molecule has 1 N–H and O–H groups in total. The maximum absolute atomic E-state index is 12.7. The van der Waals surface area contributed by atoms with E-state index in [0.717, 1.165) is 42.8 Å². The van der Waals surface area contributed by atoms with Gasteiger partial charge in [-0.05, 0) is 24.0 Å². The van der Waals surface area contributed by atoms with E-state index < -0.39 is 0 Å². The molecule has 1 aromatic heterocycles. The fourth-order valence-electron chi connectivity index (χ4n) is 3.80. The van der Waals surface area contributed by atoms with Crippen LogP contribution in [-0.4, -0.2) is 21.4 Å². The van der Waals surface area contributed by atoms with Crippen molar-refractivity contribution in [2.45, 2.75) is 45.7 Å². The van der Waals surface area contributed by atoms with Crippen LogP contribution in [0.15, 0.2) is 59.4 Å². The standard InChI is InChI=1S/C24H27N3O/c1-2-3-7-18-10-12-19(13-11-18)16-27-15-14-22-21(17-27)24(28)26-23(25-22)20-8-5-4-6-9-20/h4-6,8-13H,2-3,7,14-17H2,1H3,(H,25,26,28). The van der Waals surface area contributed by atoms with E-state index in [2.05, 4.69) is 41.1 Å². The van der Waals surface area contributed by atoms with Gasteiger partial charge in [-0.25, -0.2) is 4.98 Å². The van der Waals surface area contributed by atoms with E-state index in [-0.39, 0.29) is 5.56 Å². The van der Waals surface area contributed by atoms with Crippen LogP contribution >= 0.6 is 0 Å². The van der Waals surface area contributed by atoms with E-state index in [4.69, 9.17) is 4.98 Å². The van der Waals surface area contributed by atoms with Crippen LogP contribution in [0.3, 0.4) is 0 Å². The van der Waals surface area contributed by atoms with E-state index >= 15 is 0 Å². The monoisotopic (exact) mass is 373 g/mol. The fraction of sp³-hybridized carbons (Fsp3) is 0.333. The molecule has 0 fully saturated rings. The summed E-state index contributed by atoms with van der Waals surface area (Å²) >= 11 is 0. The van der Waals surface area contributed by atoms with Gasteiger partial charge in [0, 0.05) is 31.6 Å². The van der Waals surface area contributed by atoms with Crippen LogP contribution < -0.4 is 5.56 Å². The van der Waals surface area contributed by atoms with Crippen molar-refractivity contribution in [2.24, 2.45) is 0 Å². The average Bonchev–Trinajstić information content (AvgIpc) is 2.74. The fourth-order valence-corrected chi connectivity index (χ4v) is 3.80. The second-order valence-corrected chi connectivity index (χ2v) is 7.59. The van der Waals surface area contributed by atoms with E-state index in [1.807, 2.05) is 30.3 Å². The van der Waals surface area contributed by atoms with Crippen LogP contribution in [0.25, 0.3) is 11.4 Å². The summed E-state index contributed by atoms with van der Waals surface area (Å²) in [5.41, 5.74) is 5.40. The molecule has 0 saturated heterocycles. The lowest BCUT2D eigenvalue weighted by atomic mass is 10.0. The number of H-pyrrole nitrogens is 1. The van der Waals surface area contributed by atoms with Gasteiger partial charge < -0.3 is 4.98 Å². The van der Waals surface area contributed by atoms with Gasteiger partial charge in [-0.2, -0.15) is 0 Å². The van der Waals surface area contributed by atoms with Gasteiger partial charge in [0.05, 0.1) is 11.3 Å². The number of nitrogens with zero attached hydrogens (tertiary/aromatic N) is 2. The van der Waals surface area contributed by atoms with Gasteiger partial charge in [0.25, 0.3) is 5.56 Å². The molecule has 4 heteroatoms. The smallest absolute Gasteiger partial charge is 0.255 e. The summed E-state index contributed by atoms with van der Waals surface area (Å²) in [7, 11) is 0. The van der Waals surface area contributed by atoms with Gasteiger partial charge in [0.1, 0.15) is 5.82 Å². The summed E-state index contributed by atoms with van der Waals surface area (Å²) in [5.74, 6) is 0.667. The molecule has 1 aliphatic rings. The zero-order valence-electron chi connectivity index (χ0n) is 16.4. The Morgan fingerprint density at radius 1 is 1.04 bits per heavy atom. The van der Waals surface area contributed by atoms with Crippen molar-refractivity contribution in [1.29, 1.82) is 0 Å². The van der Waals surface area contributed by atoms with Crippen molar-refractivity contribution in [3.05, 3.63) is 87.3 Å². The van der Waals surface area contributed by atoms with Crippen LogP contribution in [-0.2, 0) is 25.9 Å². The van der Waals surface area contributed by atoms with Gasteiger partial charge in [0.2, 0.25) is 0 Å². The summed E-state index contributed by atoms with van der Waals surface area (Å²) in [6.07, 6.45) is 4.43. The topological polar surface area (TPSA) is 49.0 Å². The van der Waals surface area contributed by atoms with Crippen LogP contribution in [0, 0.1) is 0 Å². The van der Waals surface area contributed by atoms with Gasteiger partial charge in [0.15, 0.2) is 0 Å². The number of benzene rings is 2. The number of hydrogen-bond donors (Lipinski definition) is 1. The number of aromatic nitrogens is 2. The maximum Gasteiger partial charge on any atom is 0.255 e. The SMILES string of the molecule is CCCCc1ccc(CN2CCc3nc(-c4ccccc4)[nH]c(=O)c3C2)cc1. The lowest BCUT2D eigenvalue weighted by molar-refractivity contribution is 0.242. The Labute approximate surface area is 166 Å². The van der Waals surface area contributed by atoms with Crippen molar-refractivity contribution in [2.75, 3.05) is 6.54 Å². The highest BCUT2D eigenvalue weighted by atomic mass is 16.1. The molecule has 0 unspecified atom stereocenters. The first-order valence-corrected chi connectivity index (χ1v) is 10.2. The zero-order chi connectivity index (χ0) is 19.3. The molecule has 4 rings (SSSR count). The number of aryl methyl sites for hydroxylation is 1. The van der Waals surface area contributed by atoms with Crippen molar-refractivity contribution in [3.63, 3.8) is 0 Å². The highest BCUT2D eigenvalue weighted by molar-refractivity contribution is 5.54. The molecular formula is C24H27N3O. The van der Waals surface area contributed by atoms with Gasteiger partial charge in [-0.15, -0.1) is 0 Å². The molecule has 0 saturated carbocycles. The highest BCUT2D eigenvalue weighted by Gasteiger charge is 2.21. The number of hydrogen-bond acceptors (Lipinski definition) is 3. The van der Waals surface area contributed by atoms with Crippen LogP contribution in [0.2, 0.25) is 0 Å². The minimum atomic E-state index is -0.0107. The molecule has 2 heterocycles. The third kappa shape index (κ3) is 4.23. The molecule has 0 spiro atoms. The lowest BCUT2D eigenvalue weighted by Gasteiger charge is -2.27. The predicted octanol–water partition coefficient (Wildman–Crippen LogP) is 4.34. The molecule has 0 aliphatic carbocycles. The molecule has 1 aliphatic heterocycles. The van der Waals surface area contributed by atoms with Gasteiger partial charge >= 0.3 is 0 Å². The first-order valence-electron chi connectivity index (χ1n) is 10.2. The first-order chi connectivity index (χ1) is 13.7. The van der Waals surface area contributed by atoms with Gasteiger partial charge in [-0.1, -0.05) is 67.9 Å². The van der Waals surface area contributed by atoms with E-state index in [1.165, 1.54) is 24.0 Å². The molecule has 3 aromatic rings. The van der Waals surface area contributed by atoms with Gasteiger partial charge in [-0.3, -0.25) is 9.69 Å². The van der Waals surface area contributed by atoms with Crippen molar-refractivity contribution >= 4 is 0 Å². The molecule has 0 atom stereocenters. The molecule has 0 amide bonds. The summed E-state index contributed by atoms with van der Waals surface area (Å²) in [5, 5.41) is 0. The zero-order valence-corrected chi connectivity index (χ0v) is 16.4. The minimum Gasteiger partial charge on any atom is -0.306 e. The van der Waals surface area contributed by atoms with Crippen molar-refractivity contribution < 1.29 is 0 Å². The number of nitrogens with one attached hydrogen (secondary N) is 1. The van der Waals surface area contributed by atoms with E-state index in [1.54, 1.807) is 0 Å². The highest BCUT2D eigenvalue weighted by Crippen LogP contribution is 2.20. The molecule has 144 valence electrons. The largest absolute Gasteiger partial charge is 0.306 e. The van der Waals surface area contributed by atoms with E-state index in [0.29, 0.717) is 12.4 Å².